The normalized spacial score (nSPS) is 15.5. The number of aliphatic carboxylic acids is 1. The number of carbonyl (C=O) groups is 4. The maximum absolute atomic E-state index is 11.8. The molecule has 0 aromatic heterocycles. The van der Waals surface area contributed by atoms with Crippen molar-refractivity contribution in [3.63, 3.8) is 0 Å². The molecule has 0 saturated carbocycles. The molecule has 0 aliphatic carbocycles. The zero-order valence-electron chi connectivity index (χ0n) is 11.9. The Morgan fingerprint density at radius 1 is 1.05 bits per heavy atom. The molecule has 6 heteroatoms. The van der Waals surface area contributed by atoms with Crippen molar-refractivity contribution >= 4 is 23.4 Å². The molecule has 6 nitrogen and oxygen atoms in total. The van der Waals surface area contributed by atoms with E-state index in [1.165, 1.54) is 20.8 Å². The topological polar surface area (TPSA) is 91.8 Å². The van der Waals surface area contributed by atoms with Crippen molar-refractivity contribution in [1.29, 1.82) is 0 Å². The summed E-state index contributed by atoms with van der Waals surface area (Å²) in [5.74, 6) is -2.50. The van der Waals surface area contributed by atoms with Gasteiger partial charge in [-0.1, -0.05) is 6.92 Å². The maximum Gasteiger partial charge on any atom is 0.333 e. The van der Waals surface area contributed by atoms with Gasteiger partial charge >= 0.3 is 5.97 Å². The molecule has 0 fully saturated rings. The van der Waals surface area contributed by atoms with E-state index in [-0.39, 0.29) is 35.4 Å². The van der Waals surface area contributed by atoms with Crippen molar-refractivity contribution in [2.75, 3.05) is 0 Å². The largest absolute Gasteiger partial charge is 0.478 e. The Hall–Kier alpha value is -2.24. The van der Waals surface area contributed by atoms with Gasteiger partial charge in [0.15, 0.2) is 11.6 Å². The van der Waals surface area contributed by atoms with E-state index < -0.39 is 23.4 Å². The number of hydrogen-bond acceptors (Lipinski definition) is 4. The second-order valence-electron chi connectivity index (χ2n) is 4.55. The predicted octanol–water partition coefficient (Wildman–Crippen LogP) is 1.42. The minimum Gasteiger partial charge on any atom is -0.478 e. The first kappa shape index (κ1) is 15.8. The number of Topliss-reactive ketones (excluding diaryl/α,β-unsaturated/α-hetero) is 2. The molecule has 108 valence electrons. The number of rotatable bonds is 4. The van der Waals surface area contributed by atoms with E-state index in [4.69, 9.17) is 0 Å². The van der Waals surface area contributed by atoms with Gasteiger partial charge < -0.3 is 5.11 Å². The van der Waals surface area contributed by atoms with Gasteiger partial charge in [0.1, 0.15) is 0 Å². The molecule has 1 rings (SSSR count). The molecule has 0 aromatic carbocycles. The molecule has 1 aliphatic heterocycles. The summed E-state index contributed by atoms with van der Waals surface area (Å²) in [4.78, 5) is 47.7. The first-order valence-corrected chi connectivity index (χ1v) is 6.23. The second kappa shape index (κ2) is 5.81. The lowest BCUT2D eigenvalue weighted by atomic mass is 9.91. The summed E-state index contributed by atoms with van der Waals surface area (Å²) < 4.78 is 0. The van der Waals surface area contributed by atoms with Crippen LogP contribution >= 0.6 is 0 Å². The fourth-order valence-corrected chi connectivity index (χ4v) is 2.35. The summed E-state index contributed by atoms with van der Waals surface area (Å²) in [7, 11) is 0. The molecule has 1 heterocycles. The van der Waals surface area contributed by atoms with Crippen molar-refractivity contribution in [2.45, 2.75) is 40.5 Å². The quantitative estimate of drug-likeness (QED) is 0.840. The minimum atomic E-state index is -1.19. The molecule has 0 aromatic rings. The molecule has 1 aliphatic rings. The molecule has 0 bridgehead atoms. The molecule has 0 atom stereocenters. The van der Waals surface area contributed by atoms with Gasteiger partial charge in [-0.2, -0.15) is 0 Å². The molecule has 0 saturated heterocycles. The van der Waals surface area contributed by atoms with Crippen LogP contribution < -0.4 is 0 Å². The SMILES string of the molecule is CCC1=C(C(=O)O)CC(C(C)=O)=C(C(C)=O)N1C(C)=O. The van der Waals surface area contributed by atoms with Gasteiger partial charge in [0.05, 0.1) is 11.3 Å². The Bertz CT molecular complexity index is 568. The lowest BCUT2D eigenvalue weighted by Crippen LogP contribution is -2.37. The van der Waals surface area contributed by atoms with Crippen LogP contribution in [0.5, 0.6) is 0 Å². The maximum atomic E-state index is 11.8. The van der Waals surface area contributed by atoms with Gasteiger partial charge in [0.2, 0.25) is 5.91 Å². The van der Waals surface area contributed by atoms with Crippen LogP contribution in [0, 0.1) is 0 Å². The molecule has 1 amide bonds. The average Bonchev–Trinajstić information content (AvgIpc) is 2.35. The number of carboxylic acid groups (broad SMARTS) is 1. The molecule has 0 radical (unpaired) electrons. The Kier molecular flexibility index (Phi) is 4.60. The van der Waals surface area contributed by atoms with Crippen LogP contribution in [0.2, 0.25) is 0 Å². The van der Waals surface area contributed by atoms with E-state index in [1.54, 1.807) is 6.92 Å². The molecule has 0 spiro atoms. The Labute approximate surface area is 116 Å². The number of carbonyl (C=O) groups excluding carboxylic acids is 3. The van der Waals surface area contributed by atoms with Crippen LogP contribution in [0.3, 0.4) is 0 Å². The van der Waals surface area contributed by atoms with Crippen molar-refractivity contribution in [2.24, 2.45) is 0 Å². The van der Waals surface area contributed by atoms with Crippen LogP contribution in [0.25, 0.3) is 0 Å². The van der Waals surface area contributed by atoms with E-state index in [2.05, 4.69) is 0 Å². The summed E-state index contributed by atoms with van der Waals surface area (Å²) in [6, 6.07) is 0. The van der Waals surface area contributed by atoms with E-state index in [1.807, 2.05) is 0 Å². The summed E-state index contributed by atoms with van der Waals surface area (Å²) in [6.07, 6.45) is 0.149. The van der Waals surface area contributed by atoms with E-state index in [0.29, 0.717) is 0 Å². The molecular weight excluding hydrogens is 262 g/mol. The summed E-state index contributed by atoms with van der Waals surface area (Å²) in [5.41, 5.74) is 0.312. The van der Waals surface area contributed by atoms with Crippen LogP contribution in [-0.4, -0.2) is 33.4 Å². The van der Waals surface area contributed by atoms with Crippen molar-refractivity contribution in [3.8, 4) is 0 Å². The fraction of sp³-hybridized carbons (Fsp3) is 0.429. The summed E-state index contributed by atoms with van der Waals surface area (Å²) in [5, 5.41) is 9.25. The first-order valence-electron chi connectivity index (χ1n) is 6.23. The number of amides is 1. The van der Waals surface area contributed by atoms with Crippen LogP contribution in [-0.2, 0) is 19.2 Å². The molecule has 1 N–H and O–H groups in total. The molecule has 0 unspecified atom stereocenters. The third-order valence-electron chi connectivity index (χ3n) is 3.15. The zero-order chi connectivity index (χ0) is 15.6. The van der Waals surface area contributed by atoms with E-state index >= 15 is 0 Å². The number of ketones is 2. The smallest absolute Gasteiger partial charge is 0.333 e. The van der Waals surface area contributed by atoms with Crippen molar-refractivity contribution in [1.82, 2.24) is 4.90 Å². The lowest BCUT2D eigenvalue weighted by Gasteiger charge is -2.32. The fourth-order valence-electron chi connectivity index (χ4n) is 2.35. The monoisotopic (exact) mass is 279 g/mol. The van der Waals surface area contributed by atoms with Gasteiger partial charge in [-0.05, 0) is 13.3 Å². The van der Waals surface area contributed by atoms with Gasteiger partial charge in [0.25, 0.3) is 0 Å². The molecular formula is C14H17NO5. The average molecular weight is 279 g/mol. The number of hydrogen-bond donors (Lipinski definition) is 1. The van der Waals surface area contributed by atoms with Crippen LogP contribution in [0.4, 0.5) is 0 Å². The highest BCUT2D eigenvalue weighted by Crippen LogP contribution is 2.33. The van der Waals surface area contributed by atoms with Gasteiger partial charge in [-0.15, -0.1) is 0 Å². The highest BCUT2D eigenvalue weighted by molar-refractivity contribution is 6.09. The third-order valence-corrected chi connectivity index (χ3v) is 3.15. The van der Waals surface area contributed by atoms with Crippen molar-refractivity contribution < 1.29 is 24.3 Å². The second-order valence-corrected chi connectivity index (χ2v) is 4.55. The predicted molar refractivity (Wildman–Crippen MR) is 70.5 cm³/mol. The van der Waals surface area contributed by atoms with Gasteiger partial charge in [-0.25, -0.2) is 4.79 Å². The Balaban J connectivity index is 3.64. The lowest BCUT2D eigenvalue weighted by molar-refractivity contribution is -0.133. The van der Waals surface area contributed by atoms with Crippen LogP contribution in [0.1, 0.15) is 40.5 Å². The summed E-state index contributed by atoms with van der Waals surface area (Å²) in [6.45, 7) is 5.45. The number of carboxylic acids is 1. The zero-order valence-corrected chi connectivity index (χ0v) is 11.9. The van der Waals surface area contributed by atoms with Gasteiger partial charge in [-0.3, -0.25) is 19.3 Å². The Morgan fingerprint density at radius 3 is 1.90 bits per heavy atom. The number of allylic oxidation sites excluding steroid dienone is 3. The molecule has 20 heavy (non-hydrogen) atoms. The highest BCUT2D eigenvalue weighted by Gasteiger charge is 2.35. The third kappa shape index (κ3) is 2.68. The number of nitrogens with zero attached hydrogens (tertiary/aromatic N) is 1. The van der Waals surface area contributed by atoms with E-state index in [9.17, 15) is 24.3 Å². The first-order chi connectivity index (χ1) is 9.22. The van der Waals surface area contributed by atoms with E-state index in [0.717, 1.165) is 4.90 Å². The van der Waals surface area contributed by atoms with Crippen molar-refractivity contribution in [3.05, 3.63) is 22.5 Å². The minimum absolute atomic E-state index is 0.00755. The van der Waals surface area contributed by atoms with Crippen LogP contribution in [0.15, 0.2) is 22.5 Å². The summed E-state index contributed by atoms with van der Waals surface area (Å²) >= 11 is 0. The standard InChI is InChI=1S/C14H17NO5/c1-5-12-11(14(19)20)6-10(7(2)16)13(8(3)17)15(12)9(4)18/h5-6H2,1-4H3,(H,19,20). The Morgan fingerprint density at radius 2 is 1.60 bits per heavy atom. The highest BCUT2D eigenvalue weighted by atomic mass is 16.4. The van der Waals surface area contributed by atoms with Gasteiger partial charge in [0, 0.05) is 31.5 Å².